The van der Waals surface area contributed by atoms with Crippen LogP contribution in [0.15, 0.2) is 0 Å². The largest absolute Gasteiger partial charge is 0.481 e. The Morgan fingerprint density at radius 2 is 1.77 bits per heavy atom. The van der Waals surface area contributed by atoms with Gasteiger partial charge in [0.2, 0.25) is 10.0 Å². The Kier molecular flexibility index (Phi) is 5.68. The van der Waals surface area contributed by atoms with Gasteiger partial charge in [-0.25, -0.2) is 21.1 Å². The van der Waals surface area contributed by atoms with E-state index in [1.54, 1.807) is 0 Å². The lowest BCUT2D eigenvalue weighted by molar-refractivity contribution is -0.143. The number of carbonyl (C=O) groups is 1. The normalized spacial score (nSPS) is 25.1. The molecule has 9 heteroatoms. The first-order valence-corrected chi connectivity index (χ1v) is 10.7. The molecular weight excluding hydrogens is 330 g/mol. The van der Waals surface area contributed by atoms with Crippen LogP contribution in [0.5, 0.6) is 0 Å². The Bertz CT molecular complexity index is 623. The Morgan fingerprint density at radius 3 is 2.23 bits per heavy atom. The van der Waals surface area contributed by atoms with E-state index >= 15 is 0 Å². The number of carboxylic acid groups (broad SMARTS) is 1. The van der Waals surface area contributed by atoms with Crippen molar-refractivity contribution in [1.29, 1.82) is 0 Å². The summed E-state index contributed by atoms with van der Waals surface area (Å²) >= 11 is 0. The van der Waals surface area contributed by atoms with Crippen molar-refractivity contribution in [1.82, 2.24) is 4.31 Å². The monoisotopic (exact) mass is 355 g/mol. The van der Waals surface area contributed by atoms with Crippen molar-refractivity contribution in [2.75, 3.05) is 25.1 Å². The molecule has 1 heterocycles. The van der Waals surface area contributed by atoms with Gasteiger partial charge in [0, 0.05) is 19.3 Å². The molecular formula is C13H25NO6S2. The van der Waals surface area contributed by atoms with Crippen LogP contribution >= 0.6 is 0 Å². The van der Waals surface area contributed by atoms with Crippen molar-refractivity contribution in [3.63, 3.8) is 0 Å². The van der Waals surface area contributed by atoms with Gasteiger partial charge in [0.05, 0.1) is 16.4 Å². The number of hydrogen-bond donors (Lipinski definition) is 1. The molecule has 0 radical (unpaired) electrons. The van der Waals surface area contributed by atoms with Crippen molar-refractivity contribution in [2.45, 2.75) is 38.4 Å². The molecule has 2 unspecified atom stereocenters. The van der Waals surface area contributed by atoms with Crippen molar-refractivity contribution in [3.8, 4) is 0 Å². The van der Waals surface area contributed by atoms with Crippen LogP contribution in [0, 0.1) is 11.8 Å². The minimum absolute atomic E-state index is 0.0171. The highest BCUT2D eigenvalue weighted by Gasteiger charge is 2.37. The van der Waals surface area contributed by atoms with Crippen LogP contribution in [-0.4, -0.2) is 62.1 Å². The Hall–Kier alpha value is -0.670. The first-order chi connectivity index (χ1) is 9.76. The van der Waals surface area contributed by atoms with E-state index in [1.807, 2.05) is 6.92 Å². The summed E-state index contributed by atoms with van der Waals surface area (Å²) < 4.78 is 48.2. The van der Waals surface area contributed by atoms with Gasteiger partial charge in [-0.3, -0.25) is 4.79 Å². The zero-order chi connectivity index (χ0) is 17.3. The molecule has 0 aromatic rings. The molecule has 1 N–H and O–H groups in total. The topological polar surface area (TPSA) is 109 Å². The molecule has 2 atom stereocenters. The zero-order valence-electron chi connectivity index (χ0n) is 13.4. The maximum absolute atomic E-state index is 12.4. The van der Waals surface area contributed by atoms with Gasteiger partial charge < -0.3 is 5.11 Å². The van der Waals surface area contributed by atoms with Gasteiger partial charge in [-0.2, -0.15) is 0 Å². The first kappa shape index (κ1) is 19.4. The fraction of sp³-hybridized carbons (Fsp3) is 0.923. The highest BCUT2D eigenvalue weighted by Crippen LogP contribution is 2.26. The van der Waals surface area contributed by atoms with E-state index in [0.717, 1.165) is 6.26 Å². The number of sulfonamides is 1. The summed E-state index contributed by atoms with van der Waals surface area (Å²) in [5, 5.41) is 9.10. The van der Waals surface area contributed by atoms with Crippen LogP contribution in [0.25, 0.3) is 0 Å². The summed E-state index contributed by atoms with van der Waals surface area (Å²) in [5.74, 6) is -2.04. The number of aliphatic carboxylic acids is 1. The molecule has 0 bridgehead atoms. The SMILES string of the molecule is CC1CC(C(=O)O)CN(S(=O)(=O)CCC(C)(C)S(C)(=O)=O)C1. The van der Waals surface area contributed by atoms with Crippen LogP contribution in [0.4, 0.5) is 0 Å². The van der Waals surface area contributed by atoms with E-state index in [-0.39, 0.29) is 31.2 Å². The lowest BCUT2D eigenvalue weighted by atomic mass is 9.92. The second kappa shape index (κ2) is 6.45. The minimum Gasteiger partial charge on any atom is -0.481 e. The molecule has 0 aliphatic carbocycles. The van der Waals surface area contributed by atoms with E-state index in [4.69, 9.17) is 5.11 Å². The number of carboxylic acids is 1. The third-order valence-electron chi connectivity index (χ3n) is 4.33. The molecule has 0 spiro atoms. The van der Waals surface area contributed by atoms with E-state index in [0.29, 0.717) is 6.42 Å². The number of rotatable bonds is 6. The third-order valence-corrected chi connectivity index (χ3v) is 8.35. The Balaban J connectivity index is 2.84. The van der Waals surface area contributed by atoms with Gasteiger partial charge >= 0.3 is 5.97 Å². The molecule has 0 amide bonds. The molecule has 0 saturated carbocycles. The maximum Gasteiger partial charge on any atom is 0.307 e. The highest BCUT2D eigenvalue weighted by atomic mass is 32.2. The fourth-order valence-electron chi connectivity index (χ4n) is 2.40. The summed E-state index contributed by atoms with van der Waals surface area (Å²) in [7, 11) is -7.04. The quantitative estimate of drug-likeness (QED) is 0.746. The average Bonchev–Trinajstić information content (AvgIpc) is 2.34. The first-order valence-electron chi connectivity index (χ1n) is 7.16. The number of nitrogens with zero attached hydrogens (tertiary/aromatic N) is 1. The molecule has 0 aromatic carbocycles. The number of hydrogen-bond acceptors (Lipinski definition) is 5. The lowest BCUT2D eigenvalue weighted by Crippen LogP contribution is -2.47. The van der Waals surface area contributed by atoms with Gasteiger partial charge in [-0.15, -0.1) is 0 Å². The number of piperidine rings is 1. The Morgan fingerprint density at radius 1 is 1.23 bits per heavy atom. The summed E-state index contributed by atoms with van der Waals surface area (Å²) in [6.45, 7) is 5.05. The van der Waals surface area contributed by atoms with Gasteiger partial charge in [-0.1, -0.05) is 6.92 Å². The molecule has 130 valence electrons. The van der Waals surface area contributed by atoms with Crippen molar-refractivity contribution in [3.05, 3.63) is 0 Å². The molecule has 1 aliphatic heterocycles. The lowest BCUT2D eigenvalue weighted by Gasteiger charge is -2.34. The van der Waals surface area contributed by atoms with Crippen LogP contribution in [0.3, 0.4) is 0 Å². The van der Waals surface area contributed by atoms with Crippen LogP contribution in [0.1, 0.15) is 33.6 Å². The van der Waals surface area contributed by atoms with Crippen molar-refractivity contribution in [2.24, 2.45) is 11.8 Å². The van der Waals surface area contributed by atoms with Gasteiger partial charge in [0.25, 0.3) is 0 Å². The summed E-state index contributed by atoms with van der Waals surface area (Å²) in [6.07, 6.45) is 1.52. The number of sulfone groups is 1. The summed E-state index contributed by atoms with van der Waals surface area (Å²) in [4.78, 5) is 11.1. The van der Waals surface area contributed by atoms with Crippen LogP contribution in [0.2, 0.25) is 0 Å². The smallest absolute Gasteiger partial charge is 0.307 e. The molecule has 7 nitrogen and oxygen atoms in total. The maximum atomic E-state index is 12.4. The van der Waals surface area contributed by atoms with Gasteiger partial charge in [-0.05, 0) is 32.6 Å². The Labute approximate surface area is 132 Å². The second-order valence-electron chi connectivity index (χ2n) is 6.79. The van der Waals surface area contributed by atoms with Crippen LogP contribution in [-0.2, 0) is 24.7 Å². The standard InChI is InChI=1S/C13H25NO6S2/c1-10-7-11(12(15)16)9-14(8-10)22(19,20)6-5-13(2,3)21(4,17)18/h10-11H,5-9H2,1-4H3,(H,15,16). The van der Waals surface area contributed by atoms with Crippen LogP contribution < -0.4 is 0 Å². The van der Waals surface area contributed by atoms with Crippen molar-refractivity contribution < 1.29 is 26.7 Å². The molecule has 0 aromatic heterocycles. The molecule has 1 aliphatic rings. The second-order valence-corrected chi connectivity index (χ2v) is 11.5. The van der Waals surface area contributed by atoms with Crippen molar-refractivity contribution >= 4 is 25.8 Å². The summed E-state index contributed by atoms with van der Waals surface area (Å²) in [6, 6.07) is 0. The van der Waals surface area contributed by atoms with E-state index in [9.17, 15) is 21.6 Å². The van der Waals surface area contributed by atoms with E-state index in [2.05, 4.69) is 0 Å². The predicted octanol–water partition coefficient (Wildman–Crippen LogP) is 0.572. The molecule has 1 rings (SSSR count). The minimum atomic E-state index is -3.67. The molecule has 22 heavy (non-hydrogen) atoms. The van der Waals surface area contributed by atoms with Gasteiger partial charge in [0.15, 0.2) is 9.84 Å². The molecule has 1 fully saturated rings. The van der Waals surface area contributed by atoms with E-state index in [1.165, 1.54) is 18.2 Å². The summed E-state index contributed by atoms with van der Waals surface area (Å²) in [5.41, 5.74) is 0. The average molecular weight is 355 g/mol. The molecule has 1 saturated heterocycles. The predicted molar refractivity (Wildman–Crippen MR) is 83.8 cm³/mol. The third kappa shape index (κ3) is 4.66. The highest BCUT2D eigenvalue weighted by molar-refractivity contribution is 7.92. The zero-order valence-corrected chi connectivity index (χ0v) is 15.1. The fourth-order valence-corrected chi connectivity index (χ4v) is 4.92. The van der Waals surface area contributed by atoms with E-state index < -0.39 is 36.5 Å². The van der Waals surface area contributed by atoms with Gasteiger partial charge in [0.1, 0.15) is 0 Å².